The van der Waals surface area contributed by atoms with Crippen LogP contribution < -0.4 is 5.32 Å². The number of carboxylic acids is 1. The zero-order valence-corrected chi connectivity index (χ0v) is 9.31. The fourth-order valence-corrected chi connectivity index (χ4v) is 2.05. The predicted molar refractivity (Wildman–Crippen MR) is 61.0 cm³/mol. The summed E-state index contributed by atoms with van der Waals surface area (Å²) in [6.07, 6.45) is 3.82. The van der Waals surface area contributed by atoms with Crippen LogP contribution in [0.25, 0.3) is 0 Å². The molecule has 0 spiro atoms. The molecule has 0 fully saturated rings. The van der Waals surface area contributed by atoms with Gasteiger partial charge in [0, 0.05) is 23.9 Å². The van der Waals surface area contributed by atoms with E-state index in [0.29, 0.717) is 17.9 Å². The first-order valence-corrected chi connectivity index (χ1v) is 5.78. The summed E-state index contributed by atoms with van der Waals surface area (Å²) in [5.41, 5.74) is 1.03. The molecule has 5 nitrogen and oxygen atoms in total. The van der Waals surface area contributed by atoms with Gasteiger partial charge < -0.3 is 10.4 Å². The van der Waals surface area contributed by atoms with Crippen molar-refractivity contribution in [3.63, 3.8) is 0 Å². The average Bonchev–Trinajstić information content (AvgIpc) is 2.29. The maximum absolute atomic E-state index is 10.7. The third-order valence-electron chi connectivity index (χ3n) is 1.84. The zero-order valence-electron chi connectivity index (χ0n) is 8.50. The molecule has 0 saturated carbocycles. The molecule has 1 rings (SSSR count). The first-order chi connectivity index (χ1) is 7.74. The van der Waals surface area contributed by atoms with Gasteiger partial charge in [-0.1, -0.05) is 6.07 Å². The van der Waals surface area contributed by atoms with E-state index in [9.17, 15) is 9.59 Å². The van der Waals surface area contributed by atoms with Gasteiger partial charge in [-0.15, -0.1) is 0 Å². The highest BCUT2D eigenvalue weighted by Crippen LogP contribution is 2.11. The van der Waals surface area contributed by atoms with Crippen LogP contribution in [-0.4, -0.2) is 34.3 Å². The predicted octanol–water partition coefficient (Wildman–Crippen LogP) is 0.514. The lowest BCUT2D eigenvalue weighted by Gasteiger charge is -2.10. The zero-order chi connectivity index (χ0) is 11.8. The summed E-state index contributed by atoms with van der Waals surface area (Å²) in [4.78, 5) is 24.8. The number of carbonyl (C=O) groups is 2. The number of aliphatic carboxylic acids is 1. The van der Waals surface area contributed by atoms with E-state index in [-0.39, 0.29) is 0 Å². The summed E-state index contributed by atoms with van der Waals surface area (Å²) >= 11 is 1.44. The minimum Gasteiger partial charge on any atom is -0.480 e. The van der Waals surface area contributed by atoms with Crippen LogP contribution in [0, 0.1) is 0 Å². The molecule has 1 aromatic heterocycles. The second-order valence-corrected chi connectivity index (χ2v) is 4.08. The number of pyridine rings is 1. The van der Waals surface area contributed by atoms with Gasteiger partial charge in [-0.3, -0.25) is 9.78 Å². The Morgan fingerprint density at radius 2 is 2.50 bits per heavy atom. The Bertz CT molecular complexity index is 345. The summed E-state index contributed by atoms with van der Waals surface area (Å²) in [6, 6.07) is 2.91. The third-order valence-corrected chi connectivity index (χ3v) is 2.95. The second-order valence-electron chi connectivity index (χ2n) is 3.05. The van der Waals surface area contributed by atoms with E-state index in [0.717, 1.165) is 5.56 Å². The monoisotopic (exact) mass is 240 g/mol. The Balaban J connectivity index is 2.33. The van der Waals surface area contributed by atoms with Gasteiger partial charge in [0.25, 0.3) is 0 Å². The highest BCUT2D eigenvalue weighted by Gasteiger charge is 2.15. The van der Waals surface area contributed by atoms with Crippen molar-refractivity contribution in [2.75, 3.05) is 5.75 Å². The van der Waals surface area contributed by atoms with Gasteiger partial charge in [-0.2, -0.15) is 11.8 Å². The SMILES string of the molecule is O=CNC(CSCc1cccnc1)C(=O)O. The summed E-state index contributed by atoms with van der Waals surface area (Å²) in [7, 11) is 0. The van der Waals surface area contributed by atoms with Gasteiger partial charge in [0.05, 0.1) is 0 Å². The average molecular weight is 240 g/mol. The van der Waals surface area contributed by atoms with Crippen LogP contribution in [0.15, 0.2) is 24.5 Å². The standard InChI is InChI=1S/C10H12N2O3S/c13-7-12-9(10(14)15)6-16-5-8-2-1-3-11-4-8/h1-4,7,9H,5-6H2,(H,12,13)(H,14,15). The van der Waals surface area contributed by atoms with E-state index in [2.05, 4.69) is 10.3 Å². The number of hydrogen-bond donors (Lipinski definition) is 2. The maximum atomic E-state index is 10.7. The van der Waals surface area contributed by atoms with Gasteiger partial charge in [0.2, 0.25) is 6.41 Å². The number of nitrogens with one attached hydrogen (secondary N) is 1. The Kier molecular flexibility index (Phi) is 5.35. The number of aromatic nitrogens is 1. The molecule has 0 aliphatic carbocycles. The Labute approximate surface area is 97.3 Å². The number of thioether (sulfide) groups is 1. The molecule has 0 aliphatic rings. The van der Waals surface area contributed by atoms with Gasteiger partial charge >= 0.3 is 5.97 Å². The van der Waals surface area contributed by atoms with Crippen molar-refractivity contribution < 1.29 is 14.7 Å². The Morgan fingerprint density at radius 1 is 1.69 bits per heavy atom. The van der Waals surface area contributed by atoms with Gasteiger partial charge in [0.1, 0.15) is 6.04 Å². The molecule has 0 aromatic carbocycles. The van der Waals surface area contributed by atoms with E-state index in [1.165, 1.54) is 11.8 Å². The van der Waals surface area contributed by atoms with E-state index < -0.39 is 12.0 Å². The number of amides is 1. The molecule has 6 heteroatoms. The highest BCUT2D eigenvalue weighted by atomic mass is 32.2. The van der Waals surface area contributed by atoms with E-state index >= 15 is 0 Å². The van der Waals surface area contributed by atoms with Crippen molar-refractivity contribution in [1.82, 2.24) is 10.3 Å². The van der Waals surface area contributed by atoms with Gasteiger partial charge in [0.15, 0.2) is 0 Å². The largest absolute Gasteiger partial charge is 0.480 e. The molecular weight excluding hydrogens is 228 g/mol. The van der Waals surface area contributed by atoms with Crippen LogP contribution >= 0.6 is 11.8 Å². The van der Waals surface area contributed by atoms with E-state index in [1.807, 2.05) is 12.1 Å². The molecule has 16 heavy (non-hydrogen) atoms. The lowest BCUT2D eigenvalue weighted by atomic mass is 10.3. The Morgan fingerprint density at radius 3 is 3.06 bits per heavy atom. The minimum atomic E-state index is -1.02. The molecule has 0 bridgehead atoms. The number of nitrogens with zero attached hydrogens (tertiary/aromatic N) is 1. The quantitative estimate of drug-likeness (QED) is 0.679. The fourth-order valence-electron chi connectivity index (χ4n) is 1.05. The van der Waals surface area contributed by atoms with Crippen molar-refractivity contribution in [1.29, 1.82) is 0 Å². The van der Waals surface area contributed by atoms with Crippen molar-refractivity contribution in [3.05, 3.63) is 30.1 Å². The molecule has 1 aromatic rings. The van der Waals surface area contributed by atoms with Crippen LogP contribution in [0.5, 0.6) is 0 Å². The summed E-state index contributed by atoms with van der Waals surface area (Å²) in [5, 5.41) is 11.0. The molecule has 0 radical (unpaired) electrons. The lowest BCUT2D eigenvalue weighted by Crippen LogP contribution is -2.37. The first-order valence-electron chi connectivity index (χ1n) is 4.63. The third kappa shape index (κ3) is 4.31. The van der Waals surface area contributed by atoms with Crippen molar-refractivity contribution in [2.45, 2.75) is 11.8 Å². The van der Waals surface area contributed by atoms with Gasteiger partial charge in [-0.05, 0) is 11.6 Å². The van der Waals surface area contributed by atoms with Crippen LogP contribution in [0.3, 0.4) is 0 Å². The summed E-state index contributed by atoms with van der Waals surface area (Å²) in [6.45, 7) is 0. The molecule has 1 unspecified atom stereocenters. The highest BCUT2D eigenvalue weighted by molar-refractivity contribution is 7.98. The molecule has 0 aliphatic heterocycles. The molecule has 1 amide bonds. The van der Waals surface area contributed by atoms with E-state index in [1.54, 1.807) is 12.4 Å². The number of carbonyl (C=O) groups excluding carboxylic acids is 1. The van der Waals surface area contributed by atoms with Crippen LogP contribution in [-0.2, 0) is 15.3 Å². The van der Waals surface area contributed by atoms with E-state index in [4.69, 9.17) is 5.11 Å². The second kappa shape index (κ2) is 6.84. The molecule has 2 N–H and O–H groups in total. The molecular formula is C10H12N2O3S. The van der Waals surface area contributed by atoms with Crippen molar-refractivity contribution in [3.8, 4) is 0 Å². The molecule has 1 heterocycles. The number of carboxylic acid groups (broad SMARTS) is 1. The first kappa shape index (κ1) is 12.5. The smallest absolute Gasteiger partial charge is 0.327 e. The van der Waals surface area contributed by atoms with Gasteiger partial charge in [-0.25, -0.2) is 4.79 Å². The topological polar surface area (TPSA) is 79.3 Å². The van der Waals surface area contributed by atoms with Crippen molar-refractivity contribution in [2.24, 2.45) is 0 Å². The van der Waals surface area contributed by atoms with Crippen LogP contribution in [0.2, 0.25) is 0 Å². The maximum Gasteiger partial charge on any atom is 0.327 e. The summed E-state index contributed by atoms with van der Waals surface area (Å²) in [5.74, 6) is -0.00742. The number of hydrogen-bond acceptors (Lipinski definition) is 4. The Hall–Kier alpha value is -1.56. The normalized spacial score (nSPS) is 11.8. The fraction of sp³-hybridized carbons (Fsp3) is 0.300. The van der Waals surface area contributed by atoms with Crippen LogP contribution in [0.4, 0.5) is 0 Å². The molecule has 0 saturated heterocycles. The van der Waals surface area contributed by atoms with Crippen molar-refractivity contribution >= 4 is 24.1 Å². The molecule has 1 atom stereocenters. The molecule has 86 valence electrons. The minimum absolute atomic E-state index is 0.336. The van der Waals surface area contributed by atoms with Crippen LogP contribution in [0.1, 0.15) is 5.56 Å². The lowest BCUT2D eigenvalue weighted by molar-refractivity contribution is -0.139. The number of rotatable bonds is 7. The summed E-state index contributed by atoms with van der Waals surface area (Å²) < 4.78 is 0.